The maximum atomic E-state index is 11.5. The highest BCUT2D eigenvalue weighted by atomic mass is 35.5. The van der Waals surface area contributed by atoms with Gasteiger partial charge in [0.1, 0.15) is 5.65 Å². The maximum Gasteiger partial charge on any atom is 0.183 e. The van der Waals surface area contributed by atoms with Gasteiger partial charge >= 0.3 is 0 Å². The summed E-state index contributed by atoms with van der Waals surface area (Å²) in [6, 6.07) is 10.7. The smallest absolute Gasteiger partial charge is 0.183 e. The molecule has 2 aromatic heterocycles. The van der Waals surface area contributed by atoms with Crippen LogP contribution in [0, 0.1) is 0 Å². The first-order valence-electron chi connectivity index (χ1n) is 7.66. The summed E-state index contributed by atoms with van der Waals surface area (Å²) in [5, 5.41) is 9.27. The molecule has 0 aliphatic rings. The second-order valence-electron chi connectivity index (χ2n) is 5.86. The summed E-state index contributed by atoms with van der Waals surface area (Å²) in [4.78, 5) is 16.1. The van der Waals surface area contributed by atoms with Gasteiger partial charge in [-0.15, -0.1) is 10.2 Å². The van der Waals surface area contributed by atoms with Gasteiger partial charge in [0.15, 0.2) is 11.6 Å². The first-order chi connectivity index (χ1) is 11.5. The van der Waals surface area contributed by atoms with Crippen LogP contribution in [0.2, 0.25) is 5.02 Å². The van der Waals surface area contributed by atoms with Gasteiger partial charge in [0.05, 0.1) is 16.4 Å². The topological polar surface area (TPSA) is 59.1 Å². The van der Waals surface area contributed by atoms with Crippen LogP contribution >= 0.6 is 11.6 Å². The van der Waals surface area contributed by atoms with E-state index >= 15 is 0 Å². The van der Waals surface area contributed by atoms with Crippen LogP contribution in [0.5, 0.6) is 0 Å². The van der Waals surface area contributed by atoms with Crippen LogP contribution in [0.4, 0.5) is 11.5 Å². The van der Waals surface area contributed by atoms with Gasteiger partial charge in [-0.3, -0.25) is 9.20 Å². The zero-order valence-corrected chi connectivity index (χ0v) is 14.4. The molecule has 3 aromatic rings. The van der Waals surface area contributed by atoms with Gasteiger partial charge in [0.25, 0.3) is 0 Å². The molecule has 0 spiro atoms. The lowest BCUT2D eigenvalue weighted by Gasteiger charge is -2.02. The predicted octanol–water partition coefficient (Wildman–Crippen LogP) is 5.73. The van der Waals surface area contributed by atoms with Gasteiger partial charge in [0, 0.05) is 11.8 Å². The highest BCUT2D eigenvalue weighted by Gasteiger charge is 2.15. The number of ketones is 1. The monoisotopic (exact) mass is 340 g/mol. The summed E-state index contributed by atoms with van der Waals surface area (Å²) in [5.74, 6) is 0.841. The van der Waals surface area contributed by atoms with E-state index in [-0.39, 0.29) is 11.7 Å². The van der Waals surface area contributed by atoms with E-state index in [4.69, 9.17) is 11.6 Å². The SMILES string of the molecule is CC(=O)c1cccc(N=Nc2c(C(C)C)nc3ccc(Cl)cn23)c1. The number of imidazole rings is 1. The Labute approximate surface area is 145 Å². The highest BCUT2D eigenvalue weighted by Crippen LogP contribution is 2.30. The number of nitrogens with zero attached hydrogens (tertiary/aromatic N) is 4. The molecule has 0 atom stereocenters. The van der Waals surface area contributed by atoms with Crippen molar-refractivity contribution >= 4 is 34.5 Å². The molecule has 3 rings (SSSR count). The Kier molecular flexibility index (Phi) is 4.44. The van der Waals surface area contributed by atoms with Crippen molar-refractivity contribution in [1.29, 1.82) is 0 Å². The van der Waals surface area contributed by atoms with Crippen LogP contribution < -0.4 is 0 Å². The molecule has 0 N–H and O–H groups in total. The van der Waals surface area contributed by atoms with E-state index in [9.17, 15) is 4.79 Å². The molecule has 0 saturated carbocycles. The first kappa shape index (κ1) is 16.3. The molecule has 0 radical (unpaired) electrons. The first-order valence-corrected chi connectivity index (χ1v) is 8.04. The molecule has 1 aromatic carbocycles. The molecule has 5 nitrogen and oxygen atoms in total. The zero-order chi connectivity index (χ0) is 17.3. The second-order valence-corrected chi connectivity index (χ2v) is 6.29. The number of azo groups is 1. The third-order valence-corrected chi connectivity index (χ3v) is 3.87. The van der Waals surface area contributed by atoms with Crippen molar-refractivity contribution in [2.75, 3.05) is 0 Å². The van der Waals surface area contributed by atoms with Crippen LogP contribution in [0.1, 0.15) is 42.7 Å². The number of carbonyl (C=O) groups excluding carboxylic acids is 1. The van der Waals surface area contributed by atoms with Crippen LogP contribution in [0.15, 0.2) is 52.8 Å². The fourth-order valence-electron chi connectivity index (χ4n) is 2.40. The van der Waals surface area contributed by atoms with Crippen molar-refractivity contribution in [3.05, 3.63) is 58.9 Å². The number of hydrogen-bond donors (Lipinski definition) is 0. The van der Waals surface area contributed by atoms with Gasteiger partial charge in [-0.05, 0) is 37.1 Å². The van der Waals surface area contributed by atoms with E-state index in [0.29, 0.717) is 22.1 Å². The van der Waals surface area contributed by atoms with Gasteiger partial charge in [-0.1, -0.05) is 37.6 Å². The number of Topliss-reactive ketones (excluding diaryl/α,β-unsaturated/α-hetero) is 1. The van der Waals surface area contributed by atoms with Crippen molar-refractivity contribution in [3.8, 4) is 0 Å². The molecule has 0 bridgehead atoms. The van der Waals surface area contributed by atoms with Gasteiger partial charge < -0.3 is 0 Å². The fourth-order valence-corrected chi connectivity index (χ4v) is 2.56. The molecule has 0 fully saturated rings. The molecule has 6 heteroatoms. The lowest BCUT2D eigenvalue weighted by molar-refractivity contribution is 0.101. The number of rotatable bonds is 4. The Morgan fingerprint density at radius 2 is 2.00 bits per heavy atom. The molecule has 0 aliphatic heterocycles. The lowest BCUT2D eigenvalue weighted by atomic mass is 10.1. The van der Waals surface area contributed by atoms with Gasteiger partial charge in [-0.2, -0.15) is 0 Å². The molecular weight excluding hydrogens is 324 g/mol. The summed E-state index contributed by atoms with van der Waals surface area (Å²) in [7, 11) is 0. The van der Waals surface area contributed by atoms with Gasteiger partial charge in [0.2, 0.25) is 0 Å². The molecule has 24 heavy (non-hydrogen) atoms. The number of aromatic nitrogens is 2. The van der Waals surface area contributed by atoms with E-state index < -0.39 is 0 Å². The molecule has 0 unspecified atom stereocenters. The van der Waals surface area contributed by atoms with Crippen LogP contribution in [-0.2, 0) is 0 Å². The minimum absolute atomic E-state index is 0.00324. The minimum atomic E-state index is -0.00324. The number of benzene rings is 1. The number of fused-ring (bicyclic) bond motifs is 1. The predicted molar refractivity (Wildman–Crippen MR) is 94.9 cm³/mol. The fraction of sp³-hybridized carbons (Fsp3) is 0.222. The summed E-state index contributed by atoms with van der Waals surface area (Å²) < 4.78 is 1.83. The van der Waals surface area contributed by atoms with E-state index in [1.54, 1.807) is 36.5 Å². The Morgan fingerprint density at radius 1 is 1.21 bits per heavy atom. The van der Waals surface area contributed by atoms with Gasteiger partial charge in [-0.25, -0.2) is 4.98 Å². The van der Waals surface area contributed by atoms with E-state index in [0.717, 1.165) is 11.3 Å². The largest absolute Gasteiger partial charge is 0.295 e. The van der Waals surface area contributed by atoms with Crippen molar-refractivity contribution < 1.29 is 4.79 Å². The number of halogens is 1. The summed E-state index contributed by atoms with van der Waals surface area (Å²) in [5.41, 5.74) is 2.85. The van der Waals surface area contributed by atoms with Crippen molar-refractivity contribution in [3.63, 3.8) is 0 Å². The van der Waals surface area contributed by atoms with Crippen LogP contribution in [-0.4, -0.2) is 15.2 Å². The lowest BCUT2D eigenvalue weighted by Crippen LogP contribution is -1.90. The van der Waals surface area contributed by atoms with Crippen LogP contribution in [0.3, 0.4) is 0 Å². The molecule has 0 saturated heterocycles. The molecule has 122 valence electrons. The molecule has 2 heterocycles. The molecular formula is C18H17ClN4O. The van der Waals surface area contributed by atoms with Crippen molar-refractivity contribution in [2.45, 2.75) is 26.7 Å². The third-order valence-electron chi connectivity index (χ3n) is 3.64. The minimum Gasteiger partial charge on any atom is -0.295 e. The second kappa shape index (κ2) is 6.53. The highest BCUT2D eigenvalue weighted by molar-refractivity contribution is 6.30. The Hall–Kier alpha value is -2.53. The third kappa shape index (κ3) is 3.21. The normalized spacial score (nSPS) is 11.7. The maximum absolute atomic E-state index is 11.5. The number of hydrogen-bond acceptors (Lipinski definition) is 4. The van der Waals surface area contributed by atoms with E-state index in [1.807, 2.05) is 10.5 Å². The zero-order valence-electron chi connectivity index (χ0n) is 13.7. The average molecular weight is 341 g/mol. The Balaban J connectivity index is 2.08. The number of pyridine rings is 1. The summed E-state index contributed by atoms with van der Waals surface area (Å²) in [6.45, 7) is 5.64. The standard InChI is InChI=1S/C18H17ClN4O/c1-11(2)17-18(23-10-14(19)7-8-16(23)20-17)22-21-15-6-4-5-13(9-15)12(3)24/h4-11H,1-3H3. The average Bonchev–Trinajstić information content (AvgIpc) is 2.91. The van der Waals surface area contributed by atoms with Crippen molar-refractivity contribution in [1.82, 2.24) is 9.38 Å². The molecule has 0 amide bonds. The summed E-state index contributed by atoms with van der Waals surface area (Å²) in [6.07, 6.45) is 1.77. The molecule has 0 aliphatic carbocycles. The van der Waals surface area contributed by atoms with Crippen LogP contribution in [0.25, 0.3) is 5.65 Å². The summed E-state index contributed by atoms with van der Waals surface area (Å²) >= 11 is 6.09. The Morgan fingerprint density at radius 3 is 2.71 bits per heavy atom. The van der Waals surface area contributed by atoms with E-state index in [2.05, 4.69) is 29.1 Å². The number of carbonyl (C=O) groups is 1. The van der Waals surface area contributed by atoms with E-state index in [1.165, 1.54) is 6.92 Å². The Bertz CT molecular complexity index is 943. The van der Waals surface area contributed by atoms with Crippen molar-refractivity contribution in [2.24, 2.45) is 10.2 Å². The quantitative estimate of drug-likeness (QED) is 0.450.